The van der Waals surface area contributed by atoms with Crippen LogP contribution in [0.5, 0.6) is 0 Å². The third kappa shape index (κ3) is 2.97. The van der Waals surface area contributed by atoms with Crippen molar-refractivity contribution in [3.63, 3.8) is 0 Å². The van der Waals surface area contributed by atoms with E-state index in [1.54, 1.807) is 6.07 Å². The zero-order valence-corrected chi connectivity index (χ0v) is 15.4. The second-order valence-electron chi connectivity index (χ2n) is 7.62. The molecule has 26 heavy (non-hydrogen) atoms. The molecule has 2 aliphatic rings. The van der Waals surface area contributed by atoms with E-state index in [2.05, 4.69) is 18.1 Å². The molecule has 2 aromatic rings. The van der Waals surface area contributed by atoms with E-state index in [0.717, 1.165) is 30.7 Å². The maximum Gasteiger partial charge on any atom is 0.250 e. The highest BCUT2D eigenvalue weighted by Gasteiger charge is 2.41. The molecular weight excluding hydrogens is 330 g/mol. The average molecular weight is 355 g/mol. The van der Waals surface area contributed by atoms with Gasteiger partial charge in [-0.2, -0.15) is 0 Å². The monoisotopic (exact) mass is 355 g/mol. The Kier molecular flexibility index (Phi) is 4.42. The number of rotatable bonds is 4. The van der Waals surface area contributed by atoms with Crippen LogP contribution in [0.25, 0.3) is 0 Å². The number of aryl methyl sites for hydroxylation is 1. The zero-order chi connectivity index (χ0) is 18.3. The lowest BCUT2D eigenvalue weighted by molar-refractivity contribution is -0.134. The van der Waals surface area contributed by atoms with Gasteiger partial charge >= 0.3 is 0 Å². The summed E-state index contributed by atoms with van der Waals surface area (Å²) in [5, 5.41) is 3.86. The lowest BCUT2D eigenvalue weighted by atomic mass is 9.77. The van der Waals surface area contributed by atoms with Gasteiger partial charge in [0, 0.05) is 42.9 Å². The fourth-order valence-electron chi connectivity index (χ4n) is 4.67. The normalized spacial score (nSPS) is 24.4. The highest BCUT2D eigenvalue weighted by Crippen LogP contribution is 2.42. The quantitative estimate of drug-likeness (QED) is 0.846. The number of likely N-dealkylation sites (tertiary alicyclic amines) is 1. The number of hydrogen-bond acceptors (Lipinski definition) is 4. The molecule has 0 radical (unpaired) electrons. The number of hydrogen-bond donors (Lipinski definition) is 0. The molecule has 0 aliphatic carbocycles. The fraction of sp³-hybridized carbons (Fsp3) is 0.550. The summed E-state index contributed by atoms with van der Waals surface area (Å²) in [7, 11) is 0. The van der Waals surface area contributed by atoms with E-state index in [1.807, 2.05) is 28.5 Å². The van der Waals surface area contributed by atoms with Crippen molar-refractivity contribution < 1.29 is 9.32 Å². The van der Waals surface area contributed by atoms with Gasteiger partial charge in [0.15, 0.2) is 0 Å². The van der Waals surface area contributed by atoms with Crippen molar-refractivity contribution in [2.45, 2.75) is 51.5 Å². The van der Waals surface area contributed by atoms with Crippen molar-refractivity contribution in [1.82, 2.24) is 14.6 Å². The van der Waals surface area contributed by atoms with Crippen LogP contribution in [0.15, 0.2) is 33.6 Å². The molecule has 4 heterocycles. The number of aromatic nitrogens is 2. The van der Waals surface area contributed by atoms with E-state index < -0.39 is 0 Å². The first-order chi connectivity index (χ1) is 12.6. The van der Waals surface area contributed by atoms with Gasteiger partial charge in [-0.1, -0.05) is 24.6 Å². The first-order valence-electron chi connectivity index (χ1n) is 9.48. The molecule has 1 fully saturated rings. The zero-order valence-electron chi connectivity index (χ0n) is 15.4. The van der Waals surface area contributed by atoms with Gasteiger partial charge in [0.05, 0.1) is 12.1 Å². The highest BCUT2D eigenvalue weighted by atomic mass is 16.5. The predicted octanol–water partition coefficient (Wildman–Crippen LogP) is 2.67. The minimum absolute atomic E-state index is 0.0813. The van der Waals surface area contributed by atoms with Gasteiger partial charge < -0.3 is 14.0 Å². The van der Waals surface area contributed by atoms with Crippen LogP contribution in [-0.2, 0) is 11.2 Å². The lowest BCUT2D eigenvalue weighted by Gasteiger charge is -2.47. The van der Waals surface area contributed by atoms with E-state index in [-0.39, 0.29) is 29.8 Å². The van der Waals surface area contributed by atoms with Gasteiger partial charge in [-0.05, 0) is 31.7 Å². The van der Waals surface area contributed by atoms with E-state index >= 15 is 0 Å². The largest absolute Gasteiger partial charge is 0.361 e. The molecule has 2 bridgehead atoms. The molecular formula is C20H25N3O3. The molecule has 4 rings (SSSR count). The Morgan fingerprint density at radius 3 is 2.92 bits per heavy atom. The molecule has 6 nitrogen and oxygen atoms in total. The summed E-state index contributed by atoms with van der Waals surface area (Å²) < 4.78 is 7.21. The van der Waals surface area contributed by atoms with Gasteiger partial charge in [-0.15, -0.1) is 0 Å². The second-order valence-corrected chi connectivity index (χ2v) is 7.62. The molecule has 0 unspecified atom stereocenters. The number of nitrogens with zero attached hydrogens (tertiary/aromatic N) is 3. The Bertz CT molecular complexity index is 869. The van der Waals surface area contributed by atoms with Crippen LogP contribution in [0.4, 0.5) is 0 Å². The second kappa shape index (κ2) is 6.74. The van der Waals surface area contributed by atoms with Crippen LogP contribution in [0.1, 0.15) is 55.3 Å². The van der Waals surface area contributed by atoms with Crippen LogP contribution in [0, 0.1) is 12.8 Å². The number of carbonyl (C=O) groups is 1. The Morgan fingerprint density at radius 1 is 1.35 bits per heavy atom. The van der Waals surface area contributed by atoms with E-state index in [4.69, 9.17) is 4.52 Å². The van der Waals surface area contributed by atoms with Crippen molar-refractivity contribution in [2.75, 3.05) is 13.1 Å². The van der Waals surface area contributed by atoms with Crippen molar-refractivity contribution in [3.05, 3.63) is 51.8 Å². The van der Waals surface area contributed by atoms with Crippen molar-refractivity contribution >= 4 is 5.91 Å². The van der Waals surface area contributed by atoms with Gasteiger partial charge in [0.2, 0.25) is 5.91 Å². The first kappa shape index (κ1) is 17.1. The number of piperidine rings is 1. The van der Waals surface area contributed by atoms with E-state index in [1.165, 1.54) is 0 Å². The van der Waals surface area contributed by atoms with Gasteiger partial charge in [0.25, 0.3) is 5.56 Å². The van der Waals surface area contributed by atoms with Crippen molar-refractivity contribution in [2.24, 2.45) is 5.92 Å². The molecule has 1 saturated heterocycles. The maximum absolute atomic E-state index is 12.8. The SMILES string of the molecule is CCC[C@H]1[C@H]2C[C@H](CN(C(=O)Cc3cc(C)no3)C2)c2cccc(=O)n21. The smallest absolute Gasteiger partial charge is 0.250 e. The maximum atomic E-state index is 12.8. The minimum Gasteiger partial charge on any atom is -0.361 e. The van der Waals surface area contributed by atoms with Crippen LogP contribution >= 0.6 is 0 Å². The topological polar surface area (TPSA) is 68.3 Å². The molecule has 0 aromatic carbocycles. The Balaban J connectivity index is 1.60. The van der Waals surface area contributed by atoms with Crippen LogP contribution in [0.2, 0.25) is 0 Å². The number of amides is 1. The average Bonchev–Trinajstić information content (AvgIpc) is 3.03. The molecule has 0 spiro atoms. The molecule has 0 saturated carbocycles. The molecule has 1 amide bonds. The van der Waals surface area contributed by atoms with Crippen LogP contribution in [0.3, 0.4) is 0 Å². The molecule has 2 aliphatic heterocycles. The number of pyridine rings is 1. The first-order valence-corrected chi connectivity index (χ1v) is 9.48. The summed E-state index contributed by atoms with van der Waals surface area (Å²) in [6.45, 7) is 5.39. The minimum atomic E-state index is 0.0813. The van der Waals surface area contributed by atoms with Crippen molar-refractivity contribution in [3.8, 4) is 0 Å². The van der Waals surface area contributed by atoms with Gasteiger partial charge in [-0.25, -0.2) is 0 Å². The summed E-state index contributed by atoms with van der Waals surface area (Å²) in [5.41, 5.74) is 1.97. The Hall–Kier alpha value is -2.37. The van der Waals surface area contributed by atoms with Crippen LogP contribution < -0.4 is 5.56 Å². The van der Waals surface area contributed by atoms with Crippen LogP contribution in [-0.4, -0.2) is 33.6 Å². The van der Waals surface area contributed by atoms with Gasteiger partial charge in [0.1, 0.15) is 5.76 Å². The Morgan fingerprint density at radius 2 is 2.19 bits per heavy atom. The summed E-state index contributed by atoms with van der Waals surface area (Å²) >= 11 is 0. The molecule has 138 valence electrons. The van der Waals surface area contributed by atoms with Gasteiger partial charge in [-0.3, -0.25) is 9.59 Å². The standard InChI is InChI=1S/C20H25N3O3/c1-3-5-17-14-9-15(18-6-4-7-19(24)23(17)18)12-22(11-14)20(25)10-16-8-13(2)21-26-16/h4,6-8,14-15,17H,3,5,9-12H2,1-2H3/t14-,15+,17-/m0/s1. The third-order valence-corrected chi connectivity index (χ3v) is 5.74. The lowest BCUT2D eigenvalue weighted by Crippen LogP contribution is -2.51. The number of carbonyl (C=O) groups excluding carboxylic acids is 1. The van der Waals surface area contributed by atoms with E-state index in [9.17, 15) is 9.59 Å². The van der Waals surface area contributed by atoms with Crippen molar-refractivity contribution in [1.29, 1.82) is 0 Å². The summed E-state index contributed by atoms with van der Waals surface area (Å²) in [4.78, 5) is 27.3. The summed E-state index contributed by atoms with van der Waals surface area (Å²) in [5.74, 6) is 1.26. The summed E-state index contributed by atoms with van der Waals surface area (Å²) in [6, 6.07) is 7.55. The number of fused-ring (bicyclic) bond motifs is 4. The fourth-order valence-corrected chi connectivity index (χ4v) is 4.67. The molecule has 6 heteroatoms. The third-order valence-electron chi connectivity index (χ3n) is 5.74. The molecule has 3 atom stereocenters. The Labute approximate surface area is 152 Å². The van der Waals surface area contributed by atoms with E-state index in [0.29, 0.717) is 24.8 Å². The highest BCUT2D eigenvalue weighted by molar-refractivity contribution is 5.78. The molecule has 0 N–H and O–H groups in total. The molecule has 2 aromatic heterocycles. The predicted molar refractivity (Wildman–Crippen MR) is 97.0 cm³/mol. The summed E-state index contributed by atoms with van der Waals surface area (Å²) in [6.07, 6.45) is 3.30.